The number of nitrogens with zero attached hydrogens (tertiary/aromatic N) is 2. The highest BCUT2D eigenvalue weighted by molar-refractivity contribution is 7.15. The van der Waals surface area contributed by atoms with Crippen molar-refractivity contribution < 1.29 is 9.53 Å². The van der Waals surface area contributed by atoms with Gasteiger partial charge >= 0.3 is 0 Å². The summed E-state index contributed by atoms with van der Waals surface area (Å²) < 4.78 is 6.50. The Morgan fingerprint density at radius 2 is 2.42 bits per heavy atom. The smallest absolute Gasteiger partial charge is 0.271 e. The SMILES string of the molecule is CC1(CNC(=O)c2cnc3sccn3c2=O)COC1. The lowest BCUT2D eigenvalue weighted by molar-refractivity contribution is -0.0978. The molecule has 3 rings (SSSR count). The van der Waals surface area contributed by atoms with Gasteiger partial charge in [0.25, 0.3) is 11.5 Å². The van der Waals surface area contributed by atoms with Gasteiger partial charge in [0.05, 0.1) is 13.2 Å². The highest BCUT2D eigenvalue weighted by Crippen LogP contribution is 2.25. The number of hydrogen-bond donors (Lipinski definition) is 1. The highest BCUT2D eigenvalue weighted by atomic mass is 32.1. The first-order chi connectivity index (χ1) is 9.09. The molecule has 1 N–H and O–H groups in total. The van der Waals surface area contributed by atoms with Gasteiger partial charge in [0, 0.05) is 29.7 Å². The molecule has 2 aromatic rings. The molecule has 6 nitrogen and oxygen atoms in total. The molecule has 1 aliphatic rings. The highest BCUT2D eigenvalue weighted by Gasteiger charge is 2.33. The fourth-order valence-electron chi connectivity index (χ4n) is 1.92. The maximum absolute atomic E-state index is 12.1. The Labute approximate surface area is 113 Å². The van der Waals surface area contributed by atoms with Crippen LogP contribution in [0, 0.1) is 5.41 Å². The zero-order chi connectivity index (χ0) is 13.5. The van der Waals surface area contributed by atoms with E-state index in [1.54, 1.807) is 11.6 Å². The van der Waals surface area contributed by atoms with Gasteiger partial charge in [-0.1, -0.05) is 6.92 Å². The Kier molecular flexibility index (Phi) is 2.87. The van der Waals surface area contributed by atoms with Crippen LogP contribution in [0.4, 0.5) is 0 Å². The van der Waals surface area contributed by atoms with E-state index >= 15 is 0 Å². The van der Waals surface area contributed by atoms with E-state index in [9.17, 15) is 9.59 Å². The number of carbonyl (C=O) groups is 1. The van der Waals surface area contributed by atoms with Crippen molar-refractivity contribution in [3.63, 3.8) is 0 Å². The molecule has 0 aromatic carbocycles. The Morgan fingerprint density at radius 3 is 3.11 bits per heavy atom. The zero-order valence-electron chi connectivity index (χ0n) is 10.4. The van der Waals surface area contributed by atoms with Crippen molar-refractivity contribution in [1.82, 2.24) is 14.7 Å². The van der Waals surface area contributed by atoms with E-state index in [0.29, 0.717) is 24.7 Å². The summed E-state index contributed by atoms with van der Waals surface area (Å²) in [5, 5.41) is 4.53. The standard InChI is InChI=1S/C12H13N3O3S/c1-12(6-18-7-12)5-14-9(16)8-4-13-11-15(10(8)17)2-3-19-11/h2-4H,5-7H2,1H3,(H,14,16). The van der Waals surface area contributed by atoms with Crippen LogP contribution in [0.3, 0.4) is 0 Å². The number of aromatic nitrogens is 2. The zero-order valence-corrected chi connectivity index (χ0v) is 11.2. The molecule has 0 unspecified atom stereocenters. The van der Waals surface area contributed by atoms with Crippen LogP contribution < -0.4 is 10.9 Å². The fourth-order valence-corrected chi connectivity index (χ4v) is 2.60. The van der Waals surface area contributed by atoms with Crippen LogP contribution in [-0.4, -0.2) is 35.1 Å². The van der Waals surface area contributed by atoms with Crippen molar-refractivity contribution >= 4 is 22.2 Å². The number of carbonyl (C=O) groups excluding carboxylic acids is 1. The minimum absolute atomic E-state index is 0.0221. The summed E-state index contributed by atoms with van der Waals surface area (Å²) >= 11 is 1.36. The quantitative estimate of drug-likeness (QED) is 0.889. The predicted octanol–water partition coefficient (Wildman–Crippen LogP) is 0.522. The molecule has 19 heavy (non-hydrogen) atoms. The Morgan fingerprint density at radius 1 is 1.63 bits per heavy atom. The molecule has 100 valence electrons. The Hall–Kier alpha value is -1.73. The molecule has 0 aliphatic carbocycles. The van der Waals surface area contributed by atoms with E-state index in [2.05, 4.69) is 10.3 Å². The van der Waals surface area contributed by atoms with Gasteiger partial charge in [-0.05, 0) is 0 Å². The number of ether oxygens (including phenoxy) is 1. The second-order valence-electron chi connectivity index (χ2n) is 5.02. The number of hydrogen-bond acceptors (Lipinski definition) is 5. The summed E-state index contributed by atoms with van der Waals surface area (Å²) in [5.74, 6) is -0.383. The maximum Gasteiger partial charge on any atom is 0.271 e. The molecule has 1 amide bonds. The van der Waals surface area contributed by atoms with Crippen molar-refractivity contribution in [2.24, 2.45) is 5.41 Å². The van der Waals surface area contributed by atoms with Gasteiger partial charge in [-0.15, -0.1) is 11.3 Å². The van der Waals surface area contributed by atoms with Gasteiger partial charge in [-0.25, -0.2) is 4.98 Å². The summed E-state index contributed by atoms with van der Waals surface area (Å²) in [5.41, 5.74) is -0.287. The second kappa shape index (κ2) is 4.43. The number of rotatable bonds is 3. The Balaban J connectivity index is 1.81. The fraction of sp³-hybridized carbons (Fsp3) is 0.417. The van der Waals surface area contributed by atoms with E-state index in [1.165, 1.54) is 21.9 Å². The van der Waals surface area contributed by atoms with Crippen LogP contribution in [-0.2, 0) is 4.74 Å². The average molecular weight is 279 g/mol. The lowest BCUT2D eigenvalue weighted by Crippen LogP contribution is -2.49. The first-order valence-corrected chi connectivity index (χ1v) is 6.78. The van der Waals surface area contributed by atoms with Crippen molar-refractivity contribution in [1.29, 1.82) is 0 Å². The van der Waals surface area contributed by atoms with Crippen molar-refractivity contribution in [3.8, 4) is 0 Å². The van der Waals surface area contributed by atoms with E-state index < -0.39 is 0 Å². The van der Waals surface area contributed by atoms with Crippen LogP contribution in [0.2, 0.25) is 0 Å². The van der Waals surface area contributed by atoms with Gasteiger partial charge in [-0.2, -0.15) is 0 Å². The van der Waals surface area contributed by atoms with Gasteiger partial charge < -0.3 is 10.1 Å². The topological polar surface area (TPSA) is 72.7 Å². The minimum atomic E-state index is -0.383. The molecule has 0 bridgehead atoms. The monoisotopic (exact) mass is 279 g/mol. The van der Waals surface area contributed by atoms with Gasteiger partial charge in [-0.3, -0.25) is 14.0 Å². The molecule has 0 atom stereocenters. The number of amides is 1. The second-order valence-corrected chi connectivity index (χ2v) is 5.89. The van der Waals surface area contributed by atoms with E-state index in [0.717, 1.165) is 0 Å². The summed E-state index contributed by atoms with van der Waals surface area (Å²) in [4.78, 5) is 28.8. The third-order valence-corrected chi connectivity index (χ3v) is 3.93. The Bertz CT molecular complexity index is 687. The number of thiazole rings is 1. The summed E-state index contributed by atoms with van der Waals surface area (Å²) in [6, 6.07) is 0. The largest absolute Gasteiger partial charge is 0.380 e. The van der Waals surface area contributed by atoms with Crippen LogP contribution in [0.15, 0.2) is 22.6 Å². The summed E-state index contributed by atoms with van der Waals surface area (Å²) in [7, 11) is 0. The van der Waals surface area contributed by atoms with Gasteiger partial charge in [0.2, 0.25) is 0 Å². The lowest BCUT2D eigenvalue weighted by Gasteiger charge is -2.37. The normalized spacial score (nSPS) is 17.1. The molecule has 0 spiro atoms. The van der Waals surface area contributed by atoms with Gasteiger partial charge in [0.1, 0.15) is 5.56 Å². The maximum atomic E-state index is 12.1. The van der Waals surface area contributed by atoms with Crippen LogP contribution in [0.1, 0.15) is 17.3 Å². The first-order valence-electron chi connectivity index (χ1n) is 5.90. The predicted molar refractivity (Wildman–Crippen MR) is 70.6 cm³/mol. The third kappa shape index (κ3) is 2.15. The van der Waals surface area contributed by atoms with Crippen LogP contribution in [0.5, 0.6) is 0 Å². The lowest BCUT2D eigenvalue weighted by atomic mass is 9.89. The molecule has 3 heterocycles. The molecule has 0 radical (unpaired) electrons. The number of nitrogens with one attached hydrogen (secondary N) is 1. The molecular weight excluding hydrogens is 266 g/mol. The van der Waals surface area contributed by atoms with Crippen molar-refractivity contribution in [2.75, 3.05) is 19.8 Å². The molecule has 7 heteroatoms. The van der Waals surface area contributed by atoms with E-state index in [-0.39, 0.29) is 22.4 Å². The molecule has 1 aliphatic heterocycles. The molecule has 1 saturated heterocycles. The summed E-state index contributed by atoms with van der Waals surface area (Å²) in [6.45, 7) is 3.80. The van der Waals surface area contributed by atoms with Crippen LogP contribution in [0.25, 0.3) is 4.96 Å². The summed E-state index contributed by atoms with van der Waals surface area (Å²) in [6.07, 6.45) is 2.95. The first kappa shape index (κ1) is 12.3. The van der Waals surface area contributed by atoms with E-state index in [1.807, 2.05) is 6.92 Å². The van der Waals surface area contributed by atoms with Crippen molar-refractivity contribution in [2.45, 2.75) is 6.92 Å². The van der Waals surface area contributed by atoms with E-state index in [4.69, 9.17) is 4.74 Å². The third-order valence-electron chi connectivity index (χ3n) is 3.16. The van der Waals surface area contributed by atoms with Crippen molar-refractivity contribution in [3.05, 3.63) is 33.7 Å². The molecule has 2 aromatic heterocycles. The van der Waals surface area contributed by atoms with Gasteiger partial charge in [0.15, 0.2) is 4.96 Å². The molecular formula is C12H13N3O3S. The average Bonchev–Trinajstić information content (AvgIpc) is 2.83. The molecule has 0 saturated carbocycles. The minimum Gasteiger partial charge on any atom is -0.380 e. The molecule has 1 fully saturated rings. The number of fused-ring (bicyclic) bond motifs is 1. The van der Waals surface area contributed by atoms with Crippen LogP contribution >= 0.6 is 11.3 Å².